The number of hydrogen-bond acceptors (Lipinski definition) is 7. The molecule has 0 spiro atoms. The Morgan fingerprint density at radius 3 is 2.41 bits per heavy atom. The summed E-state index contributed by atoms with van der Waals surface area (Å²) in [7, 11) is -3.06. The summed E-state index contributed by atoms with van der Waals surface area (Å²) in [5.41, 5.74) is -0.255. The summed E-state index contributed by atoms with van der Waals surface area (Å²) in [5, 5.41) is 11.9. The molecule has 4 rings (SSSR count). The molecular formula is C22H24F2N3O6P. The molecule has 0 unspecified atom stereocenters. The van der Waals surface area contributed by atoms with Crippen LogP contribution in [0.3, 0.4) is 0 Å². The van der Waals surface area contributed by atoms with Crippen LogP contribution in [0.1, 0.15) is 6.92 Å². The number of phenolic OH excluding ortho intramolecular Hbond substituents is 1. The largest absolute Gasteiger partial charge is 0.508 e. The molecule has 2 saturated heterocycles. The summed E-state index contributed by atoms with van der Waals surface area (Å²) in [6.45, 7) is 1.71. The monoisotopic (exact) mass is 495 g/mol. The van der Waals surface area contributed by atoms with Crippen molar-refractivity contribution in [3.63, 3.8) is 0 Å². The minimum atomic E-state index is -3.06. The molecule has 1 atom stereocenters. The Bertz CT molecular complexity index is 1110. The van der Waals surface area contributed by atoms with Crippen molar-refractivity contribution in [1.29, 1.82) is 0 Å². The van der Waals surface area contributed by atoms with Crippen molar-refractivity contribution in [2.75, 3.05) is 48.3 Å². The van der Waals surface area contributed by atoms with Gasteiger partial charge in [-0.1, -0.05) is 0 Å². The first-order valence-corrected chi connectivity index (χ1v) is 12.7. The molecule has 0 saturated carbocycles. The Hall–Kier alpha value is -3.33. The van der Waals surface area contributed by atoms with E-state index >= 15 is 0 Å². The number of carbonyl (C=O) groups is 2. The molecule has 2 aromatic rings. The standard InChI is InChI=1S/C22H24F2N3O6P/c1-14(28)25-12-18-13-27(22(30)32-18)15-10-19(23)21(20(24)11-15)26-6-8-34(31,9-7-26)33-17-4-2-16(29)3-5-17/h2-5,10-11,18,29H,6-9,12-13H2,1H3,(H,25,28)/t18-/m0/s1. The number of carbonyl (C=O) groups excluding carboxylic acids is 2. The molecule has 0 aromatic heterocycles. The first kappa shape index (κ1) is 23.8. The van der Waals surface area contributed by atoms with Gasteiger partial charge in [0.25, 0.3) is 7.37 Å². The van der Waals surface area contributed by atoms with E-state index in [0.29, 0.717) is 5.75 Å². The Morgan fingerprint density at radius 1 is 1.21 bits per heavy atom. The van der Waals surface area contributed by atoms with Gasteiger partial charge in [0, 0.05) is 32.1 Å². The second-order valence-electron chi connectivity index (χ2n) is 8.15. The fourth-order valence-corrected chi connectivity index (χ4v) is 5.89. The van der Waals surface area contributed by atoms with Gasteiger partial charge in [-0.05, 0) is 24.3 Å². The summed E-state index contributed by atoms with van der Waals surface area (Å²) in [6.07, 6.45) is -1.20. The maximum Gasteiger partial charge on any atom is 0.414 e. The first-order chi connectivity index (χ1) is 16.1. The highest BCUT2D eigenvalue weighted by Gasteiger charge is 2.36. The Labute approximate surface area is 194 Å². The quantitative estimate of drug-likeness (QED) is 0.592. The number of anilines is 2. The van der Waals surface area contributed by atoms with E-state index in [0.717, 1.165) is 17.0 Å². The van der Waals surface area contributed by atoms with Crippen molar-refractivity contribution in [3.8, 4) is 11.5 Å². The number of rotatable bonds is 6. The highest BCUT2D eigenvalue weighted by molar-refractivity contribution is 7.59. The smallest absolute Gasteiger partial charge is 0.414 e. The van der Waals surface area contributed by atoms with Gasteiger partial charge in [0.15, 0.2) is 11.6 Å². The molecule has 2 N–H and O–H groups in total. The molecule has 0 radical (unpaired) electrons. The van der Waals surface area contributed by atoms with Gasteiger partial charge in [0.05, 0.1) is 31.1 Å². The number of benzene rings is 2. The van der Waals surface area contributed by atoms with Crippen LogP contribution in [0, 0.1) is 11.6 Å². The normalized spacial score (nSPS) is 19.6. The molecule has 2 aromatic carbocycles. The van der Waals surface area contributed by atoms with E-state index in [9.17, 15) is 28.0 Å². The second-order valence-corrected chi connectivity index (χ2v) is 10.9. The number of nitrogens with zero attached hydrogens (tertiary/aromatic N) is 2. The molecular weight excluding hydrogens is 471 g/mol. The number of phenols is 1. The zero-order valence-electron chi connectivity index (χ0n) is 18.4. The van der Waals surface area contributed by atoms with Gasteiger partial charge in [0.2, 0.25) is 5.91 Å². The molecule has 9 nitrogen and oxygen atoms in total. The number of halogens is 2. The fourth-order valence-electron chi connectivity index (χ4n) is 3.89. The van der Waals surface area contributed by atoms with Crippen molar-refractivity contribution < 1.29 is 37.3 Å². The van der Waals surface area contributed by atoms with Crippen molar-refractivity contribution in [1.82, 2.24) is 5.32 Å². The summed E-state index contributed by atoms with van der Waals surface area (Å²) in [4.78, 5) is 25.8. The highest BCUT2D eigenvalue weighted by Crippen LogP contribution is 2.49. The summed E-state index contributed by atoms with van der Waals surface area (Å²) in [5.74, 6) is -1.59. The molecule has 2 aliphatic rings. The van der Waals surface area contributed by atoms with Crippen molar-refractivity contribution in [2.45, 2.75) is 13.0 Å². The molecule has 182 valence electrons. The van der Waals surface area contributed by atoms with Crippen LogP contribution in [-0.4, -0.2) is 61.7 Å². The van der Waals surface area contributed by atoms with E-state index < -0.39 is 31.2 Å². The Morgan fingerprint density at radius 2 is 1.82 bits per heavy atom. The Balaban J connectivity index is 1.43. The Kier molecular flexibility index (Phi) is 6.65. The van der Waals surface area contributed by atoms with E-state index in [4.69, 9.17) is 9.26 Å². The lowest BCUT2D eigenvalue weighted by atomic mass is 10.2. The molecule has 2 aliphatic heterocycles. The summed E-state index contributed by atoms with van der Waals surface area (Å²) < 4.78 is 53.7. The summed E-state index contributed by atoms with van der Waals surface area (Å²) >= 11 is 0. The van der Waals surface area contributed by atoms with Gasteiger partial charge in [-0.25, -0.2) is 13.6 Å². The van der Waals surface area contributed by atoms with Crippen LogP contribution in [0.25, 0.3) is 0 Å². The fraction of sp³-hybridized carbons (Fsp3) is 0.364. The van der Waals surface area contributed by atoms with Crippen LogP contribution in [0.2, 0.25) is 0 Å². The minimum Gasteiger partial charge on any atom is -0.508 e. The number of ether oxygens (including phenoxy) is 1. The lowest BCUT2D eigenvalue weighted by Crippen LogP contribution is -2.37. The molecule has 2 fully saturated rings. The SMILES string of the molecule is CC(=O)NC[C@H]1CN(c2cc(F)c(N3CCP(=O)(Oc4ccc(O)cc4)CC3)c(F)c2)C(=O)O1. The van der Waals surface area contributed by atoms with Crippen LogP contribution >= 0.6 is 7.37 Å². The number of hydrogen-bond donors (Lipinski definition) is 2. The van der Waals surface area contributed by atoms with Crippen LogP contribution in [-0.2, 0) is 14.1 Å². The first-order valence-electron chi connectivity index (χ1n) is 10.7. The summed E-state index contributed by atoms with van der Waals surface area (Å²) in [6, 6.07) is 7.96. The van der Waals surface area contributed by atoms with Gasteiger partial charge in [-0.2, -0.15) is 0 Å². The topological polar surface area (TPSA) is 108 Å². The van der Waals surface area contributed by atoms with Crippen LogP contribution < -0.4 is 19.6 Å². The van der Waals surface area contributed by atoms with Crippen molar-refractivity contribution in [2.24, 2.45) is 0 Å². The molecule has 12 heteroatoms. The zero-order chi connectivity index (χ0) is 24.5. The highest BCUT2D eigenvalue weighted by atomic mass is 31.2. The van der Waals surface area contributed by atoms with E-state index in [2.05, 4.69) is 5.32 Å². The number of amides is 2. The maximum absolute atomic E-state index is 15.0. The molecule has 2 heterocycles. The third-order valence-electron chi connectivity index (χ3n) is 5.61. The average molecular weight is 495 g/mol. The third-order valence-corrected chi connectivity index (χ3v) is 7.92. The number of nitrogens with one attached hydrogen (secondary N) is 1. The van der Waals surface area contributed by atoms with Gasteiger partial charge >= 0.3 is 6.09 Å². The molecule has 34 heavy (non-hydrogen) atoms. The molecule has 0 bridgehead atoms. The van der Waals surface area contributed by atoms with Gasteiger partial charge in [0.1, 0.15) is 23.3 Å². The number of aromatic hydroxyl groups is 1. The van der Waals surface area contributed by atoms with E-state index in [1.54, 1.807) is 0 Å². The van der Waals surface area contributed by atoms with Crippen molar-refractivity contribution >= 4 is 30.7 Å². The predicted molar refractivity (Wildman–Crippen MR) is 121 cm³/mol. The minimum absolute atomic E-state index is 0.00687. The third kappa shape index (κ3) is 5.25. The van der Waals surface area contributed by atoms with Gasteiger partial charge in [-0.15, -0.1) is 0 Å². The lowest BCUT2D eigenvalue weighted by Gasteiger charge is -2.34. The second kappa shape index (κ2) is 9.50. The van der Waals surface area contributed by atoms with Crippen LogP contribution in [0.4, 0.5) is 25.0 Å². The maximum atomic E-state index is 15.0. The molecule has 2 amide bonds. The van der Waals surface area contributed by atoms with E-state index in [1.165, 1.54) is 36.1 Å². The zero-order valence-corrected chi connectivity index (χ0v) is 19.3. The molecule has 0 aliphatic carbocycles. The lowest BCUT2D eigenvalue weighted by molar-refractivity contribution is -0.119. The predicted octanol–water partition coefficient (Wildman–Crippen LogP) is 3.31. The van der Waals surface area contributed by atoms with Crippen LogP contribution in [0.15, 0.2) is 36.4 Å². The van der Waals surface area contributed by atoms with Crippen molar-refractivity contribution in [3.05, 3.63) is 48.0 Å². The van der Waals surface area contributed by atoms with E-state index in [1.807, 2.05) is 0 Å². The van der Waals surface area contributed by atoms with Crippen LogP contribution in [0.5, 0.6) is 11.5 Å². The van der Waals surface area contributed by atoms with Gasteiger partial charge in [-0.3, -0.25) is 14.3 Å². The van der Waals surface area contributed by atoms with Gasteiger partial charge < -0.3 is 24.6 Å². The van der Waals surface area contributed by atoms with E-state index in [-0.39, 0.29) is 61.5 Å². The average Bonchev–Trinajstić information content (AvgIpc) is 3.15. The number of cyclic esters (lactones) is 1.